The average Bonchev–Trinajstić information content (AvgIpc) is 3.25. The van der Waals surface area contributed by atoms with Crippen LogP contribution in [0.15, 0.2) is 59.1 Å². The Balaban J connectivity index is 1.55. The molecule has 2 aromatic carbocycles. The SMILES string of the molecule is COc1ccc(NC(=O)c2ncc(-c3ccccc3)o2)cc1N1CCCCC1=O. The molecule has 4 rings (SSSR count). The fraction of sp³-hybridized carbons (Fsp3) is 0.227. The van der Waals surface area contributed by atoms with E-state index in [2.05, 4.69) is 10.3 Å². The van der Waals surface area contributed by atoms with Crippen molar-refractivity contribution in [2.45, 2.75) is 19.3 Å². The van der Waals surface area contributed by atoms with Crippen molar-refractivity contribution >= 4 is 23.2 Å². The highest BCUT2D eigenvalue weighted by molar-refractivity contribution is 6.02. The van der Waals surface area contributed by atoms with Gasteiger partial charge < -0.3 is 19.4 Å². The van der Waals surface area contributed by atoms with Gasteiger partial charge in [-0.2, -0.15) is 0 Å². The van der Waals surface area contributed by atoms with Crippen molar-refractivity contribution < 1.29 is 18.7 Å². The number of hydrogen-bond acceptors (Lipinski definition) is 5. The fourth-order valence-electron chi connectivity index (χ4n) is 3.34. The Labute approximate surface area is 168 Å². The van der Waals surface area contributed by atoms with Crippen LogP contribution in [0.1, 0.15) is 29.9 Å². The second-order valence-electron chi connectivity index (χ2n) is 6.74. The van der Waals surface area contributed by atoms with E-state index in [1.807, 2.05) is 30.3 Å². The van der Waals surface area contributed by atoms with Crippen molar-refractivity contribution in [2.24, 2.45) is 0 Å². The van der Waals surface area contributed by atoms with Crippen LogP contribution in [0.5, 0.6) is 5.75 Å². The van der Waals surface area contributed by atoms with Crippen molar-refractivity contribution in [1.82, 2.24) is 4.98 Å². The quantitative estimate of drug-likeness (QED) is 0.707. The highest BCUT2D eigenvalue weighted by atomic mass is 16.5. The molecule has 3 aromatic rings. The van der Waals surface area contributed by atoms with Gasteiger partial charge in [0, 0.05) is 24.2 Å². The van der Waals surface area contributed by atoms with E-state index in [0.29, 0.717) is 35.9 Å². The largest absolute Gasteiger partial charge is 0.495 e. The van der Waals surface area contributed by atoms with E-state index in [4.69, 9.17) is 9.15 Å². The van der Waals surface area contributed by atoms with Gasteiger partial charge in [0.1, 0.15) is 5.75 Å². The smallest absolute Gasteiger partial charge is 0.311 e. The van der Waals surface area contributed by atoms with Crippen LogP contribution in [-0.2, 0) is 4.79 Å². The van der Waals surface area contributed by atoms with E-state index in [1.165, 1.54) is 6.20 Å². The Kier molecular flexibility index (Phi) is 5.29. The van der Waals surface area contributed by atoms with Crippen LogP contribution in [0.2, 0.25) is 0 Å². The number of piperidine rings is 1. The van der Waals surface area contributed by atoms with Gasteiger partial charge in [0.15, 0.2) is 5.76 Å². The Morgan fingerprint density at radius 1 is 1.17 bits per heavy atom. The second kappa shape index (κ2) is 8.18. The lowest BCUT2D eigenvalue weighted by Gasteiger charge is -2.28. The van der Waals surface area contributed by atoms with Crippen LogP contribution < -0.4 is 15.0 Å². The Bertz CT molecular complexity index is 1030. The van der Waals surface area contributed by atoms with Gasteiger partial charge in [-0.3, -0.25) is 9.59 Å². The zero-order chi connectivity index (χ0) is 20.2. The van der Waals surface area contributed by atoms with Crippen LogP contribution in [0.4, 0.5) is 11.4 Å². The molecule has 0 atom stereocenters. The summed E-state index contributed by atoms with van der Waals surface area (Å²) in [6.07, 6.45) is 3.86. The number of anilines is 2. The lowest BCUT2D eigenvalue weighted by Crippen LogP contribution is -2.35. The molecule has 0 bridgehead atoms. The number of oxazole rings is 1. The monoisotopic (exact) mass is 391 g/mol. The molecule has 1 N–H and O–H groups in total. The minimum atomic E-state index is -0.465. The molecule has 0 saturated carbocycles. The molecular formula is C22H21N3O4. The molecule has 1 aliphatic rings. The maximum atomic E-state index is 12.6. The van der Waals surface area contributed by atoms with Gasteiger partial charge in [-0.15, -0.1) is 0 Å². The maximum absolute atomic E-state index is 12.6. The lowest BCUT2D eigenvalue weighted by molar-refractivity contribution is -0.119. The number of nitrogens with zero attached hydrogens (tertiary/aromatic N) is 2. The van der Waals surface area contributed by atoms with E-state index >= 15 is 0 Å². The maximum Gasteiger partial charge on any atom is 0.311 e. The van der Waals surface area contributed by atoms with Crippen molar-refractivity contribution in [1.29, 1.82) is 0 Å². The molecule has 0 unspecified atom stereocenters. The molecular weight excluding hydrogens is 370 g/mol. The van der Waals surface area contributed by atoms with Crippen molar-refractivity contribution in [3.8, 4) is 17.1 Å². The summed E-state index contributed by atoms with van der Waals surface area (Å²) >= 11 is 0. The number of benzene rings is 2. The van der Waals surface area contributed by atoms with Crippen LogP contribution in [0.25, 0.3) is 11.3 Å². The Morgan fingerprint density at radius 2 is 2.00 bits per heavy atom. The summed E-state index contributed by atoms with van der Waals surface area (Å²) in [5.74, 6) is 0.660. The third-order valence-electron chi connectivity index (χ3n) is 4.81. The number of hydrogen-bond donors (Lipinski definition) is 1. The average molecular weight is 391 g/mol. The number of amides is 2. The number of carbonyl (C=O) groups excluding carboxylic acids is 2. The highest BCUT2D eigenvalue weighted by Crippen LogP contribution is 2.33. The van der Waals surface area contributed by atoms with E-state index in [1.54, 1.807) is 30.2 Å². The standard InChI is InChI=1S/C22H21N3O4/c1-28-18-11-10-16(13-17(18)25-12-6-5-9-20(25)26)24-21(27)22-23-14-19(29-22)15-7-3-2-4-8-15/h2-4,7-8,10-11,13-14H,5-6,9,12H2,1H3,(H,24,27). The van der Waals surface area contributed by atoms with Gasteiger partial charge in [0.25, 0.3) is 5.89 Å². The number of carbonyl (C=O) groups is 2. The highest BCUT2D eigenvalue weighted by Gasteiger charge is 2.23. The molecule has 7 heteroatoms. The molecule has 2 amide bonds. The molecule has 1 aliphatic heterocycles. The third-order valence-corrected chi connectivity index (χ3v) is 4.81. The molecule has 0 aliphatic carbocycles. The first-order valence-electron chi connectivity index (χ1n) is 9.47. The van der Waals surface area contributed by atoms with E-state index < -0.39 is 5.91 Å². The van der Waals surface area contributed by atoms with Gasteiger partial charge in [-0.05, 0) is 31.0 Å². The third kappa shape index (κ3) is 3.99. The van der Waals surface area contributed by atoms with Crippen LogP contribution in [0.3, 0.4) is 0 Å². The van der Waals surface area contributed by atoms with Gasteiger partial charge in [0.05, 0.1) is 19.0 Å². The summed E-state index contributed by atoms with van der Waals surface area (Å²) in [4.78, 5) is 30.7. The number of methoxy groups -OCH3 is 1. The first kappa shape index (κ1) is 18.7. The number of ether oxygens (including phenoxy) is 1. The molecule has 1 fully saturated rings. The lowest BCUT2D eigenvalue weighted by atomic mass is 10.1. The second-order valence-corrected chi connectivity index (χ2v) is 6.74. The van der Waals surface area contributed by atoms with E-state index in [9.17, 15) is 9.59 Å². The first-order chi connectivity index (χ1) is 14.2. The van der Waals surface area contributed by atoms with Crippen LogP contribution in [-0.4, -0.2) is 30.5 Å². The number of aromatic nitrogens is 1. The summed E-state index contributed by atoms with van der Waals surface area (Å²) in [6, 6.07) is 14.6. The molecule has 2 heterocycles. The van der Waals surface area contributed by atoms with E-state index in [0.717, 1.165) is 18.4 Å². The summed E-state index contributed by atoms with van der Waals surface area (Å²) in [7, 11) is 1.56. The van der Waals surface area contributed by atoms with E-state index in [-0.39, 0.29) is 11.8 Å². The molecule has 29 heavy (non-hydrogen) atoms. The first-order valence-corrected chi connectivity index (χ1v) is 9.47. The summed E-state index contributed by atoms with van der Waals surface area (Å²) in [5.41, 5.74) is 2.02. The van der Waals surface area contributed by atoms with Crippen LogP contribution in [0, 0.1) is 0 Å². The normalized spacial score (nSPS) is 14.0. The fourth-order valence-corrected chi connectivity index (χ4v) is 3.34. The van der Waals surface area contributed by atoms with Gasteiger partial charge in [-0.1, -0.05) is 30.3 Å². The van der Waals surface area contributed by atoms with Gasteiger partial charge >= 0.3 is 5.91 Å². The molecule has 1 saturated heterocycles. The van der Waals surface area contributed by atoms with Gasteiger partial charge in [-0.25, -0.2) is 4.98 Å². The Hall–Kier alpha value is -3.61. The molecule has 148 valence electrons. The minimum Gasteiger partial charge on any atom is -0.495 e. The summed E-state index contributed by atoms with van der Waals surface area (Å²) < 4.78 is 11.0. The Morgan fingerprint density at radius 3 is 2.76 bits per heavy atom. The summed E-state index contributed by atoms with van der Waals surface area (Å²) in [6.45, 7) is 0.632. The molecule has 0 spiro atoms. The number of nitrogens with one attached hydrogen (secondary N) is 1. The zero-order valence-electron chi connectivity index (χ0n) is 16.1. The van der Waals surface area contributed by atoms with Crippen molar-refractivity contribution in [3.63, 3.8) is 0 Å². The van der Waals surface area contributed by atoms with Crippen LogP contribution >= 0.6 is 0 Å². The topological polar surface area (TPSA) is 84.7 Å². The van der Waals surface area contributed by atoms with Gasteiger partial charge in [0.2, 0.25) is 5.91 Å². The predicted molar refractivity (Wildman–Crippen MR) is 109 cm³/mol. The summed E-state index contributed by atoms with van der Waals surface area (Å²) in [5, 5.41) is 2.78. The molecule has 7 nitrogen and oxygen atoms in total. The molecule has 1 aromatic heterocycles. The van der Waals surface area contributed by atoms with Crippen molar-refractivity contribution in [3.05, 3.63) is 60.6 Å². The zero-order valence-corrected chi connectivity index (χ0v) is 16.1. The minimum absolute atomic E-state index is 0.0322. The predicted octanol–water partition coefficient (Wildman–Crippen LogP) is 4.12. The number of rotatable bonds is 5. The van der Waals surface area contributed by atoms with Crippen molar-refractivity contribution in [2.75, 3.05) is 23.9 Å². The molecule has 0 radical (unpaired) electrons.